The van der Waals surface area contributed by atoms with E-state index in [0.717, 1.165) is 0 Å². The Kier molecular flexibility index (Phi) is 4.53. The molecule has 1 aromatic heterocycles. The maximum Gasteiger partial charge on any atom is 0.389 e. The van der Waals surface area contributed by atoms with Crippen molar-refractivity contribution in [1.82, 2.24) is 9.78 Å². The number of hydrogen-bond acceptors (Lipinski definition) is 3. The maximum atomic E-state index is 11.9. The zero-order chi connectivity index (χ0) is 12.9. The lowest BCUT2D eigenvalue weighted by Gasteiger charge is -2.05. The Morgan fingerprint density at radius 2 is 2.24 bits per heavy atom. The highest BCUT2D eigenvalue weighted by Gasteiger charge is 2.26. The van der Waals surface area contributed by atoms with Crippen molar-refractivity contribution in [1.29, 1.82) is 0 Å². The van der Waals surface area contributed by atoms with Crippen molar-refractivity contribution < 1.29 is 22.7 Å². The molecule has 0 aliphatic carbocycles. The molecule has 0 bridgehead atoms. The number of halogens is 3. The molecule has 7 heteroatoms. The Bertz CT molecular complexity index is 374. The molecule has 0 unspecified atom stereocenters. The molecular weight excluding hydrogens is 237 g/mol. The average Bonchev–Trinajstić information content (AvgIpc) is 2.65. The summed E-state index contributed by atoms with van der Waals surface area (Å²) in [5, 5.41) is 3.79. The molecule has 0 spiro atoms. The van der Waals surface area contributed by atoms with Crippen molar-refractivity contribution in [2.75, 3.05) is 6.61 Å². The molecule has 0 fully saturated rings. The van der Waals surface area contributed by atoms with Crippen LogP contribution in [-0.4, -0.2) is 28.5 Å². The van der Waals surface area contributed by atoms with Crippen molar-refractivity contribution >= 4 is 5.97 Å². The summed E-state index contributed by atoms with van der Waals surface area (Å²) >= 11 is 0. The molecule has 0 amide bonds. The van der Waals surface area contributed by atoms with E-state index in [0.29, 0.717) is 0 Å². The monoisotopic (exact) mass is 250 g/mol. The fourth-order valence-corrected chi connectivity index (χ4v) is 1.25. The van der Waals surface area contributed by atoms with Gasteiger partial charge in [0.25, 0.3) is 0 Å². The summed E-state index contributed by atoms with van der Waals surface area (Å²) in [5.74, 6) is -0.519. The fourth-order valence-electron chi connectivity index (χ4n) is 1.25. The van der Waals surface area contributed by atoms with Gasteiger partial charge in [0, 0.05) is 19.2 Å². The normalized spacial score (nSPS) is 11.5. The third kappa shape index (κ3) is 4.88. The van der Waals surface area contributed by atoms with Crippen LogP contribution in [0.3, 0.4) is 0 Å². The molecule has 4 nitrogen and oxygen atoms in total. The maximum absolute atomic E-state index is 11.9. The minimum atomic E-state index is -4.16. The van der Waals surface area contributed by atoms with Gasteiger partial charge < -0.3 is 4.74 Å². The summed E-state index contributed by atoms with van der Waals surface area (Å²) in [7, 11) is 0. The van der Waals surface area contributed by atoms with Crippen LogP contribution in [0.2, 0.25) is 0 Å². The van der Waals surface area contributed by atoms with Crippen LogP contribution in [0.1, 0.15) is 30.1 Å². The van der Waals surface area contributed by atoms with Crippen LogP contribution in [0.15, 0.2) is 12.4 Å². The van der Waals surface area contributed by atoms with Gasteiger partial charge in [-0.1, -0.05) is 0 Å². The van der Waals surface area contributed by atoms with E-state index in [9.17, 15) is 18.0 Å². The lowest BCUT2D eigenvalue weighted by Crippen LogP contribution is -2.09. The Morgan fingerprint density at radius 1 is 1.53 bits per heavy atom. The molecule has 0 aliphatic heterocycles. The van der Waals surface area contributed by atoms with Crippen LogP contribution in [0, 0.1) is 0 Å². The van der Waals surface area contributed by atoms with Gasteiger partial charge in [0.15, 0.2) is 0 Å². The zero-order valence-corrected chi connectivity index (χ0v) is 9.33. The van der Waals surface area contributed by atoms with Gasteiger partial charge in [-0.2, -0.15) is 18.3 Å². The van der Waals surface area contributed by atoms with Crippen molar-refractivity contribution in [2.24, 2.45) is 0 Å². The molecule has 1 aromatic rings. The quantitative estimate of drug-likeness (QED) is 0.754. The lowest BCUT2D eigenvalue weighted by atomic mass is 10.3. The topological polar surface area (TPSA) is 44.1 Å². The van der Waals surface area contributed by atoms with Crippen molar-refractivity contribution in [3.63, 3.8) is 0 Å². The lowest BCUT2D eigenvalue weighted by molar-refractivity contribution is -0.136. The predicted molar refractivity (Wildman–Crippen MR) is 53.5 cm³/mol. The number of ether oxygens (including phenoxy) is 1. The summed E-state index contributed by atoms with van der Waals surface area (Å²) in [6, 6.07) is 0. The second-order valence-electron chi connectivity index (χ2n) is 3.43. The van der Waals surface area contributed by atoms with Crippen molar-refractivity contribution in [3.8, 4) is 0 Å². The molecule has 1 heterocycles. The van der Waals surface area contributed by atoms with Gasteiger partial charge >= 0.3 is 12.1 Å². The summed E-state index contributed by atoms with van der Waals surface area (Å²) in [6.45, 7) is 2.04. The Labute approximate surface area is 96.4 Å². The molecule has 17 heavy (non-hydrogen) atoms. The number of esters is 1. The molecular formula is C10H13F3N2O2. The van der Waals surface area contributed by atoms with Crippen LogP contribution in [0.4, 0.5) is 13.2 Å². The first-order valence-corrected chi connectivity index (χ1v) is 5.18. The number of carbonyl (C=O) groups is 1. The van der Waals surface area contributed by atoms with E-state index in [1.165, 1.54) is 17.1 Å². The highest BCUT2D eigenvalue weighted by atomic mass is 19.4. The number of rotatable bonds is 5. The second-order valence-corrected chi connectivity index (χ2v) is 3.43. The first kappa shape index (κ1) is 13.5. The first-order valence-electron chi connectivity index (χ1n) is 5.18. The smallest absolute Gasteiger partial charge is 0.389 e. The van der Waals surface area contributed by atoms with E-state index < -0.39 is 18.6 Å². The summed E-state index contributed by atoms with van der Waals surface area (Å²) in [4.78, 5) is 11.2. The van der Waals surface area contributed by atoms with Gasteiger partial charge in [-0.25, -0.2) is 4.79 Å². The summed E-state index contributed by atoms with van der Waals surface area (Å²) in [5.41, 5.74) is 0.249. The zero-order valence-electron chi connectivity index (χ0n) is 9.33. The third-order valence-electron chi connectivity index (χ3n) is 1.99. The number of aromatic nitrogens is 2. The number of aryl methyl sites for hydroxylation is 1. The molecule has 0 N–H and O–H groups in total. The first-order chi connectivity index (χ1) is 7.92. The van der Waals surface area contributed by atoms with Gasteiger partial charge in [0.2, 0.25) is 0 Å². The predicted octanol–water partition coefficient (Wildman–Crippen LogP) is 2.40. The summed E-state index contributed by atoms with van der Waals surface area (Å²) in [6.07, 6.45) is -2.41. The van der Waals surface area contributed by atoms with E-state index in [1.54, 1.807) is 6.92 Å². The minimum Gasteiger partial charge on any atom is -0.462 e. The van der Waals surface area contributed by atoms with Crippen molar-refractivity contribution in [2.45, 2.75) is 32.5 Å². The van der Waals surface area contributed by atoms with Crippen LogP contribution in [0.25, 0.3) is 0 Å². The highest BCUT2D eigenvalue weighted by Crippen LogP contribution is 2.21. The summed E-state index contributed by atoms with van der Waals surface area (Å²) < 4.78 is 41.7. The number of hydrogen-bond donors (Lipinski definition) is 0. The van der Waals surface area contributed by atoms with E-state index in [2.05, 4.69) is 5.10 Å². The van der Waals surface area contributed by atoms with Gasteiger partial charge in [0.1, 0.15) is 0 Å². The van der Waals surface area contributed by atoms with E-state index >= 15 is 0 Å². The van der Waals surface area contributed by atoms with E-state index in [1.807, 2.05) is 0 Å². The number of nitrogens with zero attached hydrogens (tertiary/aromatic N) is 2. The van der Waals surface area contributed by atoms with Gasteiger partial charge in [-0.3, -0.25) is 4.68 Å². The van der Waals surface area contributed by atoms with E-state index in [4.69, 9.17) is 4.74 Å². The Hall–Kier alpha value is -1.53. The highest BCUT2D eigenvalue weighted by molar-refractivity contribution is 5.88. The largest absolute Gasteiger partial charge is 0.462 e. The third-order valence-corrected chi connectivity index (χ3v) is 1.99. The molecule has 0 atom stereocenters. The van der Waals surface area contributed by atoms with Gasteiger partial charge in [0.05, 0.1) is 18.4 Å². The molecule has 0 radical (unpaired) electrons. The molecule has 1 rings (SSSR count). The standard InChI is InChI=1S/C10H13F3N2O2/c1-2-17-9(16)8-6-14-15(7-8)5-3-4-10(11,12)13/h6-7H,2-5H2,1H3. The average molecular weight is 250 g/mol. The Balaban J connectivity index is 2.43. The number of carbonyl (C=O) groups excluding carboxylic acids is 1. The molecule has 0 aliphatic rings. The fraction of sp³-hybridized carbons (Fsp3) is 0.600. The van der Waals surface area contributed by atoms with Crippen molar-refractivity contribution in [3.05, 3.63) is 18.0 Å². The molecule has 0 saturated carbocycles. The van der Waals surface area contributed by atoms with Crippen LogP contribution < -0.4 is 0 Å². The van der Waals surface area contributed by atoms with Crippen LogP contribution in [-0.2, 0) is 11.3 Å². The van der Waals surface area contributed by atoms with E-state index in [-0.39, 0.29) is 25.1 Å². The molecule has 0 aromatic carbocycles. The SMILES string of the molecule is CCOC(=O)c1cnn(CCCC(F)(F)F)c1. The van der Waals surface area contributed by atoms with Gasteiger partial charge in [-0.05, 0) is 13.3 Å². The molecule has 96 valence electrons. The second kappa shape index (κ2) is 5.70. The van der Waals surface area contributed by atoms with Crippen LogP contribution >= 0.6 is 0 Å². The Morgan fingerprint density at radius 3 is 2.82 bits per heavy atom. The minimum absolute atomic E-state index is 0.0621. The van der Waals surface area contributed by atoms with Gasteiger partial charge in [-0.15, -0.1) is 0 Å². The van der Waals surface area contributed by atoms with Crippen LogP contribution in [0.5, 0.6) is 0 Å². The number of alkyl halides is 3. The molecule has 0 saturated heterocycles.